The van der Waals surface area contributed by atoms with Gasteiger partial charge in [0.25, 0.3) is 0 Å². The third kappa shape index (κ3) is 2.47. The van der Waals surface area contributed by atoms with Gasteiger partial charge in [-0.2, -0.15) is 0 Å². The highest BCUT2D eigenvalue weighted by atomic mass is 16.5. The smallest absolute Gasteiger partial charge is 0.145 e. The molecule has 16 heavy (non-hydrogen) atoms. The van der Waals surface area contributed by atoms with E-state index in [-0.39, 0.29) is 6.10 Å². The zero-order valence-corrected chi connectivity index (χ0v) is 9.90. The highest BCUT2D eigenvalue weighted by molar-refractivity contribution is 5.56. The number of hydrogen-bond donors (Lipinski definition) is 1. The molecule has 1 aromatic rings. The van der Waals surface area contributed by atoms with E-state index in [1.165, 1.54) is 0 Å². The summed E-state index contributed by atoms with van der Waals surface area (Å²) in [6.07, 6.45) is 2.78. The summed E-state index contributed by atoms with van der Waals surface area (Å²) < 4.78 is 11.4. The zero-order chi connectivity index (χ0) is 11.5. The quantitative estimate of drug-likeness (QED) is 0.798. The van der Waals surface area contributed by atoms with Crippen molar-refractivity contribution in [3.63, 3.8) is 0 Å². The van der Waals surface area contributed by atoms with Gasteiger partial charge in [0, 0.05) is 0 Å². The molecule has 1 aliphatic heterocycles. The molecule has 1 saturated heterocycles. The summed E-state index contributed by atoms with van der Waals surface area (Å²) in [6, 6.07) is 5.80. The van der Waals surface area contributed by atoms with Crippen LogP contribution in [0.2, 0.25) is 0 Å². The Kier molecular flexibility index (Phi) is 3.34. The number of nitrogens with two attached hydrogens (primary N) is 1. The van der Waals surface area contributed by atoms with Crippen molar-refractivity contribution < 1.29 is 9.47 Å². The molecule has 3 heteroatoms. The van der Waals surface area contributed by atoms with Gasteiger partial charge in [-0.15, -0.1) is 0 Å². The molecule has 1 fully saturated rings. The molecular weight excluding hydrogens is 202 g/mol. The van der Waals surface area contributed by atoms with E-state index in [1.807, 2.05) is 25.1 Å². The molecular formula is C13H19NO2. The van der Waals surface area contributed by atoms with Crippen LogP contribution in [0.25, 0.3) is 0 Å². The van der Waals surface area contributed by atoms with Crippen LogP contribution in [0, 0.1) is 6.92 Å². The SMILES string of the molecule is Cc1cccc(N)c1OCC1CCC(C)O1. The molecule has 0 radical (unpaired) electrons. The van der Waals surface area contributed by atoms with Crippen molar-refractivity contribution in [3.8, 4) is 5.75 Å². The van der Waals surface area contributed by atoms with Gasteiger partial charge in [0.2, 0.25) is 0 Å². The van der Waals surface area contributed by atoms with Gasteiger partial charge in [-0.1, -0.05) is 12.1 Å². The first-order valence-corrected chi connectivity index (χ1v) is 5.80. The maximum absolute atomic E-state index is 5.87. The zero-order valence-electron chi connectivity index (χ0n) is 9.90. The summed E-state index contributed by atoms with van der Waals surface area (Å²) in [5.41, 5.74) is 7.64. The fraction of sp³-hybridized carbons (Fsp3) is 0.538. The Morgan fingerprint density at radius 2 is 2.25 bits per heavy atom. The van der Waals surface area contributed by atoms with E-state index in [2.05, 4.69) is 6.92 Å². The Morgan fingerprint density at radius 1 is 1.44 bits per heavy atom. The normalized spacial score (nSPS) is 24.6. The molecule has 3 nitrogen and oxygen atoms in total. The number of benzene rings is 1. The van der Waals surface area contributed by atoms with Crippen LogP contribution in [-0.4, -0.2) is 18.8 Å². The lowest BCUT2D eigenvalue weighted by atomic mass is 10.2. The van der Waals surface area contributed by atoms with Crippen LogP contribution in [0.3, 0.4) is 0 Å². The van der Waals surface area contributed by atoms with E-state index in [0.29, 0.717) is 18.4 Å². The average molecular weight is 221 g/mol. The monoisotopic (exact) mass is 221 g/mol. The molecule has 0 aromatic heterocycles. The van der Waals surface area contributed by atoms with Crippen molar-refractivity contribution in [1.29, 1.82) is 0 Å². The molecule has 2 unspecified atom stereocenters. The Labute approximate surface area is 96.5 Å². The van der Waals surface area contributed by atoms with Gasteiger partial charge in [0.15, 0.2) is 0 Å². The van der Waals surface area contributed by atoms with E-state index >= 15 is 0 Å². The number of anilines is 1. The van der Waals surface area contributed by atoms with Crippen molar-refractivity contribution >= 4 is 5.69 Å². The fourth-order valence-corrected chi connectivity index (χ4v) is 2.06. The predicted molar refractivity (Wildman–Crippen MR) is 64.7 cm³/mol. The standard InChI is InChI=1S/C13H19NO2/c1-9-4-3-5-12(14)13(9)15-8-11-7-6-10(2)16-11/h3-5,10-11H,6-8,14H2,1-2H3. The molecule has 1 aromatic carbocycles. The molecule has 1 heterocycles. The van der Waals surface area contributed by atoms with Crippen LogP contribution in [0.1, 0.15) is 25.3 Å². The Morgan fingerprint density at radius 3 is 2.88 bits per heavy atom. The van der Waals surface area contributed by atoms with Crippen molar-refractivity contribution in [2.24, 2.45) is 0 Å². The predicted octanol–water partition coefficient (Wildman–Crippen LogP) is 2.52. The highest BCUT2D eigenvalue weighted by Crippen LogP contribution is 2.27. The molecule has 0 bridgehead atoms. The summed E-state index contributed by atoms with van der Waals surface area (Å²) in [4.78, 5) is 0. The first-order valence-electron chi connectivity index (χ1n) is 5.80. The molecule has 88 valence electrons. The van der Waals surface area contributed by atoms with Crippen LogP contribution in [0.4, 0.5) is 5.69 Å². The number of aryl methyl sites for hydroxylation is 1. The molecule has 0 amide bonds. The van der Waals surface area contributed by atoms with Crippen LogP contribution in [0.5, 0.6) is 5.75 Å². The van der Waals surface area contributed by atoms with Crippen molar-refractivity contribution in [3.05, 3.63) is 23.8 Å². The molecule has 0 saturated carbocycles. The molecule has 0 aliphatic carbocycles. The second kappa shape index (κ2) is 4.74. The van der Waals surface area contributed by atoms with Gasteiger partial charge in [-0.25, -0.2) is 0 Å². The highest BCUT2D eigenvalue weighted by Gasteiger charge is 2.22. The number of ether oxygens (including phenoxy) is 2. The molecule has 2 N–H and O–H groups in total. The molecule has 2 atom stereocenters. The van der Waals surface area contributed by atoms with Crippen molar-refractivity contribution in [2.45, 2.75) is 38.9 Å². The Hall–Kier alpha value is -1.22. The summed E-state index contributed by atoms with van der Waals surface area (Å²) in [6.45, 7) is 4.70. The summed E-state index contributed by atoms with van der Waals surface area (Å²) >= 11 is 0. The van der Waals surface area contributed by atoms with Gasteiger partial charge in [0.1, 0.15) is 12.4 Å². The maximum atomic E-state index is 5.87. The van der Waals surface area contributed by atoms with Gasteiger partial charge in [-0.05, 0) is 38.3 Å². The summed E-state index contributed by atoms with van der Waals surface area (Å²) in [7, 11) is 0. The summed E-state index contributed by atoms with van der Waals surface area (Å²) in [5, 5.41) is 0. The van der Waals surface area contributed by atoms with Gasteiger partial charge in [-0.3, -0.25) is 0 Å². The van der Waals surface area contributed by atoms with Crippen molar-refractivity contribution in [1.82, 2.24) is 0 Å². The maximum Gasteiger partial charge on any atom is 0.145 e. The third-order valence-corrected chi connectivity index (χ3v) is 2.98. The van der Waals surface area contributed by atoms with Gasteiger partial charge >= 0.3 is 0 Å². The number of rotatable bonds is 3. The summed E-state index contributed by atoms with van der Waals surface area (Å²) in [5.74, 6) is 0.797. The van der Waals surface area contributed by atoms with E-state index < -0.39 is 0 Å². The molecule has 2 rings (SSSR count). The number of nitrogen functional groups attached to an aromatic ring is 1. The van der Waals surface area contributed by atoms with Gasteiger partial charge < -0.3 is 15.2 Å². The Bertz CT molecular complexity index is 345. The minimum Gasteiger partial charge on any atom is -0.488 e. The lowest BCUT2D eigenvalue weighted by molar-refractivity contribution is 0.0265. The van der Waals surface area contributed by atoms with E-state index in [4.69, 9.17) is 15.2 Å². The molecule has 1 aliphatic rings. The topological polar surface area (TPSA) is 44.5 Å². The third-order valence-electron chi connectivity index (χ3n) is 2.98. The Balaban J connectivity index is 1.94. The van der Waals surface area contributed by atoms with E-state index in [9.17, 15) is 0 Å². The largest absolute Gasteiger partial charge is 0.488 e. The first-order chi connectivity index (χ1) is 7.66. The van der Waals surface area contributed by atoms with Crippen LogP contribution in [-0.2, 0) is 4.74 Å². The van der Waals surface area contributed by atoms with E-state index in [0.717, 1.165) is 24.2 Å². The molecule has 0 spiro atoms. The van der Waals surface area contributed by atoms with Gasteiger partial charge in [0.05, 0.1) is 17.9 Å². The lowest BCUT2D eigenvalue weighted by Crippen LogP contribution is -2.18. The van der Waals surface area contributed by atoms with Crippen molar-refractivity contribution in [2.75, 3.05) is 12.3 Å². The first kappa shape index (κ1) is 11.3. The second-order valence-corrected chi connectivity index (χ2v) is 4.45. The lowest BCUT2D eigenvalue weighted by Gasteiger charge is -2.15. The van der Waals surface area contributed by atoms with Crippen LogP contribution < -0.4 is 10.5 Å². The number of para-hydroxylation sites is 1. The average Bonchev–Trinajstić information content (AvgIpc) is 2.63. The fourth-order valence-electron chi connectivity index (χ4n) is 2.06. The van der Waals surface area contributed by atoms with E-state index in [1.54, 1.807) is 0 Å². The van der Waals surface area contributed by atoms with Crippen LogP contribution in [0.15, 0.2) is 18.2 Å². The minimum absolute atomic E-state index is 0.217. The second-order valence-electron chi connectivity index (χ2n) is 4.45. The van der Waals surface area contributed by atoms with Crippen LogP contribution >= 0.6 is 0 Å². The number of hydrogen-bond acceptors (Lipinski definition) is 3. The minimum atomic E-state index is 0.217.